The smallest absolute Gasteiger partial charge is 0.310 e. The summed E-state index contributed by atoms with van der Waals surface area (Å²) in [5.74, 6) is 0. The van der Waals surface area contributed by atoms with Crippen LogP contribution in [-0.4, -0.2) is 16.1 Å². The lowest BCUT2D eigenvalue weighted by Crippen LogP contribution is -2.31. The van der Waals surface area contributed by atoms with Crippen LogP contribution in [0.25, 0.3) is 0 Å². The maximum atomic E-state index is 11.4. The van der Waals surface area contributed by atoms with Crippen LogP contribution in [-0.2, 0) is 13.1 Å². The Balaban J connectivity index is 1.84. The zero-order valence-corrected chi connectivity index (χ0v) is 10.9. The molecule has 0 radical (unpaired) electrons. The Morgan fingerprint density at radius 3 is 2.89 bits per heavy atom. The van der Waals surface area contributed by atoms with E-state index in [1.165, 1.54) is 27.3 Å². The van der Waals surface area contributed by atoms with E-state index in [1.807, 2.05) is 0 Å². The van der Waals surface area contributed by atoms with Gasteiger partial charge in [-0.3, -0.25) is 14.3 Å². The highest BCUT2D eigenvalue weighted by molar-refractivity contribution is 7.10. The summed E-state index contributed by atoms with van der Waals surface area (Å²) in [7, 11) is 0. The van der Waals surface area contributed by atoms with Gasteiger partial charge in [0, 0.05) is 36.8 Å². The molecule has 0 aliphatic carbocycles. The molecule has 0 fully saturated rings. The van der Waals surface area contributed by atoms with Crippen LogP contribution in [0.4, 0.5) is 0 Å². The molecule has 6 heteroatoms. The van der Waals surface area contributed by atoms with Gasteiger partial charge in [0.2, 0.25) is 0 Å². The van der Waals surface area contributed by atoms with E-state index in [4.69, 9.17) is 0 Å². The highest BCUT2D eigenvalue weighted by Gasteiger charge is 1.99. The lowest BCUT2D eigenvalue weighted by atomic mass is 10.3. The maximum absolute atomic E-state index is 11.4. The van der Waals surface area contributed by atoms with Gasteiger partial charge >= 0.3 is 5.69 Å². The number of nitrogens with one attached hydrogen (secondary N) is 2. The second-order valence-corrected chi connectivity index (χ2v) is 5.01. The Labute approximate surface area is 108 Å². The quantitative estimate of drug-likeness (QED) is 0.782. The largest absolute Gasteiger partial charge is 0.328 e. The zero-order valence-electron chi connectivity index (χ0n) is 10.1. The molecule has 0 bridgehead atoms. The minimum Gasteiger partial charge on any atom is -0.310 e. The molecule has 2 heterocycles. The summed E-state index contributed by atoms with van der Waals surface area (Å²) in [6, 6.07) is 3.44. The van der Waals surface area contributed by atoms with Crippen LogP contribution in [0, 0.1) is 6.92 Å². The highest BCUT2D eigenvalue weighted by Crippen LogP contribution is 2.14. The van der Waals surface area contributed by atoms with E-state index in [9.17, 15) is 9.59 Å². The summed E-state index contributed by atoms with van der Waals surface area (Å²) in [4.78, 5) is 25.8. The fourth-order valence-corrected chi connectivity index (χ4v) is 2.48. The molecule has 2 aromatic rings. The van der Waals surface area contributed by atoms with Crippen molar-refractivity contribution in [2.24, 2.45) is 0 Å². The number of hydrogen-bond acceptors (Lipinski definition) is 4. The van der Waals surface area contributed by atoms with Crippen LogP contribution >= 0.6 is 11.3 Å². The molecule has 96 valence electrons. The van der Waals surface area contributed by atoms with Crippen LogP contribution in [0.3, 0.4) is 0 Å². The third-order valence-electron chi connectivity index (χ3n) is 2.68. The zero-order chi connectivity index (χ0) is 13.0. The van der Waals surface area contributed by atoms with Crippen LogP contribution in [0.15, 0.2) is 33.3 Å². The van der Waals surface area contributed by atoms with E-state index in [-0.39, 0.29) is 11.2 Å². The molecule has 0 aliphatic heterocycles. The van der Waals surface area contributed by atoms with Gasteiger partial charge in [0.1, 0.15) is 0 Å². The van der Waals surface area contributed by atoms with Crippen LogP contribution in [0.1, 0.15) is 10.4 Å². The molecule has 5 nitrogen and oxygen atoms in total. The Morgan fingerprint density at radius 2 is 2.22 bits per heavy atom. The highest BCUT2D eigenvalue weighted by atomic mass is 32.1. The number of rotatable bonds is 5. The van der Waals surface area contributed by atoms with Gasteiger partial charge in [-0.05, 0) is 23.9 Å². The molecule has 0 unspecified atom stereocenters. The lowest BCUT2D eigenvalue weighted by Gasteiger charge is -2.06. The Kier molecular flexibility index (Phi) is 4.11. The van der Waals surface area contributed by atoms with E-state index < -0.39 is 0 Å². The number of thiophene rings is 1. The van der Waals surface area contributed by atoms with Crippen LogP contribution in [0.5, 0.6) is 0 Å². The number of hydrogen-bond donors (Lipinski definition) is 2. The third kappa shape index (κ3) is 3.18. The first-order valence-corrected chi connectivity index (χ1v) is 6.58. The van der Waals surface area contributed by atoms with E-state index in [1.54, 1.807) is 11.3 Å². The standard InChI is InChI=1S/C12H15N3O2S/c1-9-3-7-18-10(9)8-13-4-6-15-5-2-11(16)14-12(15)17/h2-3,5,7,13H,4,6,8H2,1H3,(H,14,16,17). The van der Waals surface area contributed by atoms with Crippen molar-refractivity contribution in [3.63, 3.8) is 0 Å². The van der Waals surface area contributed by atoms with E-state index in [0.29, 0.717) is 13.1 Å². The first-order valence-electron chi connectivity index (χ1n) is 5.70. The number of aryl methyl sites for hydroxylation is 1. The molecule has 2 rings (SSSR count). The van der Waals surface area contributed by atoms with Gasteiger partial charge in [0.05, 0.1) is 0 Å². The van der Waals surface area contributed by atoms with Crippen molar-refractivity contribution >= 4 is 11.3 Å². The van der Waals surface area contributed by atoms with Crippen molar-refractivity contribution in [2.45, 2.75) is 20.0 Å². The molecule has 0 atom stereocenters. The maximum Gasteiger partial charge on any atom is 0.328 e. The van der Waals surface area contributed by atoms with Gasteiger partial charge in [-0.2, -0.15) is 0 Å². The fourth-order valence-electron chi connectivity index (χ4n) is 1.61. The van der Waals surface area contributed by atoms with Crippen LogP contribution in [0.2, 0.25) is 0 Å². The Hall–Kier alpha value is -1.66. The summed E-state index contributed by atoms with van der Waals surface area (Å²) < 4.78 is 1.48. The minimum absolute atomic E-state index is 0.363. The van der Waals surface area contributed by atoms with Gasteiger partial charge in [-0.25, -0.2) is 4.79 Å². The molecule has 2 aromatic heterocycles. The molecule has 0 aliphatic rings. The summed E-state index contributed by atoms with van der Waals surface area (Å²) in [6.45, 7) is 4.12. The van der Waals surface area contributed by atoms with E-state index >= 15 is 0 Å². The van der Waals surface area contributed by atoms with Gasteiger partial charge in [0.15, 0.2) is 0 Å². The van der Waals surface area contributed by atoms with Gasteiger partial charge in [-0.1, -0.05) is 0 Å². The molecular weight excluding hydrogens is 250 g/mol. The summed E-state index contributed by atoms with van der Waals surface area (Å²) in [5.41, 5.74) is 0.559. The van der Waals surface area contributed by atoms with Gasteiger partial charge < -0.3 is 5.32 Å². The first kappa shape index (κ1) is 12.8. The molecule has 18 heavy (non-hydrogen) atoms. The number of H-pyrrole nitrogens is 1. The molecule has 0 amide bonds. The van der Waals surface area contributed by atoms with Crippen molar-refractivity contribution in [1.29, 1.82) is 0 Å². The van der Waals surface area contributed by atoms with E-state index in [0.717, 1.165) is 6.54 Å². The second-order valence-electron chi connectivity index (χ2n) is 4.01. The molecule has 0 spiro atoms. The molecule has 2 N–H and O–H groups in total. The monoisotopic (exact) mass is 265 g/mol. The minimum atomic E-state index is -0.364. The van der Waals surface area contributed by atoms with Crippen LogP contribution < -0.4 is 16.6 Å². The number of nitrogens with zero attached hydrogens (tertiary/aromatic N) is 1. The fraction of sp³-hybridized carbons (Fsp3) is 0.333. The predicted octanol–water partition coefficient (Wildman–Crippen LogP) is 0.696. The summed E-state index contributed by atoms with van der Waals surface area (Å²) >= 11 is 1.72. The lowest BCUT2D eigenvalue weighted by molar-refractivity contribution is 0.576. The third-order valence-corrected chi connectivity index (χ3v) is 3.70. The van der Waals surface area contributed by atoms with Crippen molar-refractivity contribution in [3.05, 3.63) is 55.0 Å². The number of aromatic nitrogens is 2. The van der Waals surface area contributed by atoms with Gasteiger partial charge in [0.25, 0.3) is 5.56 Å². The molecule has 0 saturated carbocycles. The number of aromatic amines is 1. The summed E-state index contributed by atoms with van der Waals surface area (Å²) in [6.07, 6.45) is 1.51. The average molecular weight is 265 g/mol. The van der Waals surface area contributed by atoms with Crippen molar-refractivity contribution in [2.75, 3.05) is 6.54 Å². The topological polar surface area (TPSA) is 66.9 Å². The van der Waals surface area contributed by atoms with E-state index in [2.05, 4.69) is 28.7 Å². The Bertz CT molecular complexity index is 626. The summed E-state index contributed by atoms with van der Waals surface area (Å²) in [5, 5.41) is 5.35. The predicted molar refractivity (Wildman–Crippen MR) is 72.1 cm³/mol. The normalized spacial score (nSPS) is 10.7. The second kappa shape index (κ2) is 5.79. The SMILES string of the molecule is Cc1ccsc1CNCCn1ccc(=O)[nH]c1=O. The molecule has 0 aromatic carbocycles. The van der Waals surface area contributed by atoms with Gasteiger partial charge in [-0.15, -0.1) is 11.3 Å². The molecular formula is C12H15N3O2S. The van der Waals surface area contributed by atoms with Crippen molar-refractivity contribution in [1.82, 2.24) is 14.9 Å². The Morgan fingerprint density at radius 1 is 1.39 bits per heavy atom. The molecule has 0 saturated heterocycles. The average Bonchev–Trinajstić information content (AvgIpc) is 2.73. The van der Waals surface area contributed by atoms with Crippen molar-refractivity contribution in [3.8, 4) is 0 Å². The first-order chi connectivity index (χ1) is 8.66. The van der Waals surface area contributed by atoms with Crippen molar-refractivity contribution < 1.29 is 0 Å².